The summed E-state index contributed by atoms with van der Waals surface area (Å²) in [6.45, 7) is 2.25. The Hall–Kier alpha value is -0.480. The fraction of sp³-hybridized carbons (Fsp3) is 0.895. The Labute approximate surface area is 166 Å². The van der Waals surface area contributed by atoms with Crippen molar-refractivity contribution in [2.75, 3.05) is 0 Å². The van der Waals surface area contributed by atoms with E-state index in [0.29, 0.717) is 6.42 Å². The van der Waals surface area contributed by atoms with Crippen LogP contribution in [0.15, 0.2) is 0 Å². The highest BCUT2D eigenvalue weighted by Crippen LogP contribution is 2.15. The number of hydrogen-bond donors (Lipinski definition) is 2. The standard InChI is InChI=1S/C19H36O4.2ClH/c1-2-3-4-5-6-7-8-9-10-11-12-13-14-15-16-17(18(20)21)19(22)23;;/h17H,2-16H2,1H3,(H,20,21)(H,22,23);2*1H. The topological polar surface area (TPSA) is 74.6 Å². The average molecular weight is 401 g/mol. The molecule has 0 amide bonds. The molecule has 0 bridgehead atoms. The second kappa shape index (κ2) is 21.6. The molecule has 0 atom stereocenters. The highest BCUT2D eigenvalue weighted by Gasteiger charge is 2.24. The van der Waals surface area contributed by atoms with Crippen LogP contribution >= 0.6 is 24.8 Å². The maximum atomic E-state index is 10.7. The minimum Gasteiger partial charge on any atom is -0.481 e. The summed E-state index contributed by atoms with van der Waals surface area (Å²) in [7, 11) is 0. The fourth-order valence-electron chi connectivity index (χ4n) is 2.90. The van der Waals surface area contributed by atoms with Gasteiger partial charge in [0, 0.05) is 0 Å². The number of halogens is 2. The third-order valence-electron chi connectivity index (χ3n) is 4.44. The lowest BCUT2D eigenvalue weighted by Gasteiger charge is -2.07. The molecule has 25 heavy (non-hydrogen) atoms. The summed E-state index contributed by atoms with van der Waals surface area (Å²) < 4.78 is 0. The molecule has 0 saturated heterocycles. The quantitative estimate of drug-likeness (QED) is 0.216. The number of carboxylic acid groups (broad SMARTS) is 2. The van der Waals surface area contributed by atoms with Gasteiger partial charge in [0.1, 0.15) is 0 Å². The summed E-state index contributed by atoms with van der Waals surface area (Å²) in [6, 6.07) is 0. The van der Waals surface area contributed by atoms with Gasteiger partial charge >= 0.3 is 11.9 Å². The SMILES string of the molecule is CCCCCCCCCCCCCCCCC(C(=O)O)C(=O)O.Cl.Cl. The maximum absolute atomic E-state index is 10.7. The molecule has 0 radical (unpaired) electrons. The molecule has 2 N–H and O–H groups in total. The fourth-order valence-corrected chi connectivity index (χ4v) is 2.90. The molecule has 0 aliphatic carbocycles. The molecule has 0 fully saturated rings. The van der Waals surface area contributed by atoms with Crippen molar-refractivity contribution in [1.82, 2.24) is 0 Å². The first-order valence-electron chi connectivity index (χ1n) is 9.55. The minimum absolute atomic E-state index is 0. The normalized spacial score (nSPS) is 10.2. The zero-order chi connectivity index (χ0) is 17.3. The molecule has 4 nitrogen and oxygen atoms in total. The molecule has 0 aromatic carbocycles. The Balaban J connectivity index is -0.00000242. The summed E-state index contributed by atoms with van der Waals surface area (Å²) in [6.07, 6.45) is 17.6. The lowest BCUT2D eigenvalue weighted by atomic mass is 10.00. The van der Waals surface area contributed by atoms with Gasteiger partial charge in [0.05, 0.1) is 0 Å². The summed E-state index contributed by atoms with van der Waals surface area (Å²) in [5.41, 5.74) is 0. The maximum Gasteiger partial charge on any atom is 0.317 e. The van der Waals surface area contributed by atoms with Gasteiger partial charge in [-0.2, -0.15) is 0 Å². The first-order chi connectivity index (χ1) is 11.1. The van der Waals surface area contributed by atoms with Crippen molar-refractivity contribution >= 4 is 36.8 Å². The first kappa shape index (κ1) is 29.3. The molecule has 0 saturated carbocycles. The Morgan fingerprint density at radius 3 is 1.16 bits per heavy atom. The molecule has 0 spiro atoms. The van der Waals surface area contributed by atoms with Crippen LogP contribution in [0.5, 0.6) is 0 Å². The van der Waals surface area contributed by atoms with Gasteiger partial charge in [0.15, 0.2) is 5.92 Å². The molecule has 0 heterocycles. The van der Waals surface area contributed by atoms with Gasteiger partial charge < -0.3 is 10.2 Å². The Bertz CT molecular complexity index is 298. The third-order valence-corrected chi connectivity index (χ3v) is 4.44. The zero-order valence-corrected chi connectivity index (χ0v) is 17.3. The summed E-state index contributed by atoms with van der Waals surface area (Å²) >= 11 is 0. The largest absolute Gasteiger partial charge is 0.481 e. The van der Waals surface area contributed by atoms with Crippen molar-refractivity contribution in [3.8, 4) is 0 Å². The third kappa shape index (κ3) is 19.7. The molecule has 0 aliphatic rings. The molecule has 0 rings (SSSR count). The van der Waals surface area contributed by atoms with Crippen LogP contribution in [-0.4, -0.2) is 22.2 Å². The van der Waals surface area contributed by atoms with E-state index < -0.39 is 17.9 Å². The lowest BCUT2D eigenvalue weighted by molar-refractivity contribution is -0.154. The van der Waals surface area contributed by atoms with Crippen molar-refractivity contribution in [1.29, 1.82) is 0 Å². The molecule has 0 aliphatic heterocycles. The van der Waals surface area contributed by atoms with Crippen molar-refractivity contribution in [2.24, 2.45) is 5.92 Å². The van der Waals surface area contributed by atoms with Crippen LogP contribution in [-0.2, 0) is 9.59 Å². The van der Waals surface area contributed by atoms with Crippen molar-refractivity contribution in [3.63, 3.8) is 0 Å². The van der Waals surface area contributed by atoms with Crippen LogP contribution in [0.25, 0.3) is 0 Å². The van der Waals surface area contributed by atoms with Crippen molar-refractivity contribution in [3.05, 3.63) is 0 Å². The van der Waals surface area contributed by atoms with E-state index in [-0.39, 0.29) is 31.2 Å². The van der Waals surface area contributed by atoms with Crippen LogP contribution < -0.4 is 0 Å². The number of aliphatic carboxylic acids is 2. The van der Waals surface area contributed by atoms with Crippen molar-refractivity contribution in [2.45, 2.75) is 103 Å². The molecular weight excluding hydrogens is 363 g/mol. The number of rotatable bonds is 17. The predicted molar refractivity (Wildman–Crippen MR) is 108 cm³/mol. The van der Waals surface area contributed by atoms with E-state index in [4.69, 9.17) is 10.2 Å². The predicted octanol–water partition coefficient (Wildman–Crippen LogP) is 6.49. The monoisotopic (exact) mass is 400 g/mol. The van der Waals surface area contributed by atoms with E-state index in [2.05, 4.69) is 6.92 Å². The highest BCUT2D eigenvalue weighted by atomic mass is 35.5. The molecule has 0 aromatic heterocycles. The van der Waals surface area contributed by atoms with E-state index in [9.17, 15) is 9.59 Å². The van der Waals surface area contributed by atoms with Gasteiger partial charge in [-0.05, 0) is 6.42 Å². The van der Waals surface area contributed by atoms with Crippen LogP contribution in [0.4, 0.5) is 0 Å². The second-order valence-electron chi connectivity index (χ2n) is 6.61. The van der Waals surface area contributed by atoms with Gasteiger partial charge in [-0.1, -0.05) is 96.8 Å². The Kier molecular flexibility index (Phi) is 25.3. The van der Waals surface area contributed by atoms with Gasteiger partial charge in [0.2, 0.25) is 0 Å². The Morgan fingerprint density at radius 1 is 0.600 bits per heavy atom. The second-order valence-corrected chi connectivity index (χ2v) is 6.61. The Morgan fingerprint density at radius 2 is 0.880 bits per heavy atom. The number of carbonyl (C=O) groups is 2. The lowest BCUT2D eigenvalue weighted by Crippen LogP contribution is -2.23. The minimum atomic E-state index is -1.23. The van der Waals surface area contributed by atoms with Crippen LogP contribution in [0, 0.1) is 5.92 Å². The van der Waals surface area contributed by atoms with E-state index >= 15 is 0 Å². The van der Waals surface area contributed by atoms with Gasteiger partial charge in [-0.15, -0.1) is 24.8 Å². The van der Waals surface area contributed by atoms with Crippen LogP contribution in [0.1, 0.15) is 103 Å². The van der Waals surface area contributed by atoms with Crippen LogP contribution in [0.2, 0.25) is 0 Å². The van der Waals surface area contributed by atoms with Gasteiger partial charge in [-0.25, -0.2) is 0 Å². The van der Waals surface area contributed by atoms with E-state index in [1.165, 1.54) is 70.6 Å². The number of carboxylic acids is 2. The van der Waals surface area contributed by atoms with Gasteiger partial charge in [0.25, 0.3) is 0 Å². The molecule has 0 aromatic rings. The van der Waals surface area contributed by atoms with E-state index in [0.717, 1.165) is 12.8 Å². The number of unbranched alkanes of at least 4 members (excludes halogenated alkanes) is 13. The van der Waals surface area contributed by atoms with E-state index in [1.54, 1.807) is 0 Å². The van der Waals surface area contributed by atoms with Crippen molar-refractivity contribution < 1.29 is 19.8 Å². The van der Waals surface area contributed by atoms with E-state index in [1.807, 2.05) is 0 Å². The average Bonchev–Trinajstić information content (AvgIpc) is 2.50. The molecule has 0 unspecified atom stereocenters. The highest BCUT2D eigenvalue weighted by molar-refractivity contribution is 5.92. The zero-order valence-electron chi connectivity index (χ0n) is 15.7. The smallest absolute Gasteiger partial charge is 0.317 e. The summed E-state index contributed by atoms with van der Waals surface area (Å²) in [5, 5.41) is 17.5. The first-order valence-corrected chi connectivity index (χ1v) is 9.55. The molecule has 152 valence electrons. The molecule has 6 heteroatoms. The van der Waals surface area contributed by atoms with Gasteiger partial charge in [-0.3, -0.25) is 9.59 Å². The van der Waals surface area contributed by atoms with Crippen LogP contribution in [0.3, 0.4) is 0 Å². The molecular formula is C19H38Cl2O4. The summed E-state index contributed by atoms with van der Waals surface area (Å²) in [4.78, 5) is 21.5. The summed E-state index contributed by atoms with van der Waals surface area (Å²) in [5.74, 6) is -3.66. The number of hydrogen-bond acceptors (Lipinski definition) is 2.